The molecule has 0 aliphatic heterocycles. The Morgan fingerprint density at radius 1 is 1.00 bits per heavy atom. The largest absolute Gasteiger partial charge is 0.317 e. The van der Waals surface area contributed by atoms with Crippen molar-refractivity contribution in [2.24, 2.45) is 0 Å². The predicted molar refractivity (Wildman–Crippen MR) is 34.1 cm³/mol. The third-order valence-electron chi connectivity index (χ3n) is 1.33. The number of nitrogens with one attached hydrogen (secondary N) is 1. The SMILES string of the molecule is CNC(CC(F)F)CC(F)F. The minimum Gasteiger partial charge on any atom is -0.317 e. The summed E-state index contributed by atoms with van der Waals surface area (Å²) in [6.07, 6.45) is -6.07. The molecule has 0 rings (SSSR count). The molecule has 0 saturated heterocycles. The Balaban J connectivity index is 3.58. The monoisotopic (exact) mass is 173 g/mol. The minimum absolute atomic E-state index is 0.513. The van der Waals surface area contributed by atoms with Crippen molar-refractivity contribution in [1.29, 1.82) is 0 Å². The highest BCUT2D eigenvalue weighted by molar-refractivity contribution is 4.66. The first kappa shape index (κ1) is 10.7. The number of hydrogen-bond acceptors (Lipinski definition) is 1. The van der Waals surface area contributed by atoms with Crippen molar-refractivity contribution in [3.8, 4) is 0 Å². The van der Waals surface area contributed by atoms with E-state index < -0.39 is 31.7 Å². The van der Waals surface area contributed by atoms with E-state index in [0.717, 1.165) is 0 Å². The van der Waals surface area contributed by atoms with Gasteiger partial charge in [0.2, 0.25) is 12.9 Å². The fourth-order valence-corrected chi connectivity index (χ4v) is 0.762. The lowest BCUT2D eigenvalue weighted by Gasteiger charge is -2.14. The summed E-state index contributed by atoms with van der Waals surface area (Å²) in [4.78, 5) is 0. The molecule has 0 aliphatic rings. The van der Waals surface area contributed by atoms with Gasteiger partial charge in [0.25, 0.3) is 0 Å². The normalized spacial score (nSPS) is 12.0. The van der Waals surface area contributed by atoms with Crippen molar-refractivity contribution >= 4 is 0 Å². The number of hydrogen-bond donors (Lipinski definition) is 1. The average molecular weight is 173 g/mol. The van der Waals surface area contributed by atoms with Crippen LogP contribution in [0.25, 0.3) is 0 Å². The van der Waals surface area contributed by atoms with Crippen LogP contribution in [0.2, 0.25) is 0 Å². The zero-order chi connectivity index (χ0) is 8.85. The van der Waals surface area contributed by atoms with Gasteiger partial charge >= 0.3 is 0 Å². The molecule has 0 fully saturated rings. The van der Waals surface area contributed by atoms with Gasteiger partial charge in [-0.3, -0.25) is 0 Å². The van der Waals surface area contributed by atoms with Crippen molar-refractivity contribution in [3.05, 3.63) is 0 Å². The second-order valence-electron chi connectivity index (χ2n) is 2.24. The molecule has 0 unspecified atom stereocenters. The molecule has 0 amide bonds. The third-order valence-corrected chi connectivity index (χ3v) is 1.33. The van der Waals surface area contributed by atoms with Gasteiger partial charge in [-0.25, -0.2) is 17.6 Å². The van der Waals surface area contributed by atoms with Crippen LogP contribution >= 0.6 is 0 Å². The molecule has 68 valence electrons. The van der Waals surface area contributed by atoms with Crippen LogP contribution in [0.1, 0.15) is 12.8 Å². The van der Waals surface area contributed by atoms with E-state index in [1.807, 2.05) is 0 Å². The van der Waals surface area contributed by atoms with E-state index in [1.54, 1.807) is 0 Å². The number of alkyl halides is 4. The van der Waals surface area contributed by atoms with E-state index in [-0.39, 0.29) is 0 Å². The summed E-state index contributed by atoms with van der Waals surface area (Å²) >= 11 is 0. The Morgan fingerprint density at radius 2 is 1.36 bits per heavy atom. The van der Waals surface area contributed by atoms with Gasteiger partial charge in [-0.05, 0) is 7.05 Å². The third kappa shape index (κ3) is 6.09. The maximum atomic E-state index is 11.6. The first-order valence-corrected chi connectivity index (χ1v) is 3.29. The van der Waals surface area contributed by atoms with Crippen LogP contribution in [0.5, 0.6) is 0 Å². The van der Waals surface area contributed by atoms with Crippen LogP contribution in [-0.4, -0.2) is 25.9 Å². The molecule has 0 aromatic heterocycles. The molecule has 0 aliphatic carbocycles. The first-order chi connectivity index (χ1) is 5.06. The molecule has 0 aromatic carbocycles. The number of halogens is 4. The second-order valence-corrected chi connectivity index (χ2v) is 2.24. The predicted octanol–water partition coefficient (Wildman–Crippen LogP) is 1.88. The van der Waals surface area contributed by atoms with Crippen molar-refractivity contribution in [1.82, 2.24) is 5.32 Å². The number of rotatable bonds is 5. The minimum atomic E-state index is -2.52. The highest BCUT2D eigenvalue weighted by Gasteiger charge is 2.17. The smallest absolute Gasteiger partial charge is 0.240 e. The molecule has 0 radical (unpaired) electrons. The van der Waals surface area contributed by atoms with Crippen molar-refractivity contribution in [3.63, 3.8) is 0 Å². The van der Waals surface area contributed by atoms with E-state index in [2.05, 4.69) is 5.32 Å². The summed E-state index contributed by atoms with van der Waals surface area (Å²) in [6.45, 7) is 0. The lowest BCUT2D eigenvalue weighted by atomic mass is 10.1. The molecule has 0 heterocycles. The highest BCUT2D eigenvalue weighted by atomic mass is 19.3. The lowest BCUT2D eigenvalue weighted by molar-refractivity contribution is 0.0870. The van der Waals surface area contributed by atoms with Crippen molar-refractivity contribution < 1.29 is 17.6 Å². The fraction of sp³-hybridized carbons (Fsp3) is 1.00. The lowest BCUT2D eigenvalue weighted by Crippen LogP contribution is -2.29. The van der Waals surface area contributed by atoms with Gasteiger partial charge in [-0.1, -0.05) is 0 Å². The highest BCUT2D eigenvalue weighted by Crippen LogP contribution is 2.11. The second kappa shape index (κ2) is 5.35. The van der Waals surface area contributed by atoms with Crippen LogP contribution < -0.4 is 5.32 Å². The van der Waals surface area contributed by atoms with E-state index in [1.165, 1.54) is 7.05 Å². The van der Waals surface area contributed by atoms with Gasteiger partial charge in [-0.15, -0.1) is 0 Å². The van der Waals surface area contributed by atoms with Gasteiger partial charge in [0, 0.05) is 18.9 Å². The van der Waals surface area contributed by atoms with Crippen LogP contribution in [0.4, 0.5) is 17.6 Å². The Kier molecular flexibility index (Phi) is 5.19. The quantitative estimate of drug-likeness (QED) is 0.626. The standard InChI is InChI=1S/C6H11F4N/c1-11-4(2-5(7)8)3-6(9)10/h4-6,11H,2-3H2,1H3. The van der Waals surface area contributed by atoms with Crippen molar-refractivity contribution in [2.75, 3.05) is 7.05 Å². The Bertz CT molecular complexity index is 86.6. The average Bonchev–Trinajstić information content (AvgIpc) is 1.84. The van der Waals surface area contributed by atoms with Crippen molar-refractivity contribution in [2.45, 2.75) is 31.7 Å². The molecule has 1 N–H and O–H groups in total. The molecular weight excluding hydrogens is 162 g/mol. The molecule has 5 heteroatoms. The summed E-state index contributed by atoms with van der Waals surface area (Å²) in [5.74, 6) is 0. The molecule has 0 spiro atoms. The van der Waals surface area contributed by atoms with Crippen LogP contribution in [0.15, 0.2) is 0 Å². The van der Waals surface area contributed by atoms with E-state index in [4.69, 9.17) is 0 Å². The van der Waals surface area contributed by atoms with E-state index >= 15 is 0 Å². The maximum absolute atomic E-state index is 11.6. The Hall–Kier alpha value is -0.320. The van der Waals surface area contributed by atoms with E-state index in [0.29, 0.717) is 0 Å². The molecule has 0 aromatic rings. The topological polar surface area (TPSA) is 12.0 Å². The summed E-state index contributed by atoms with van der Waals surface area (Å²) in [7, 11) is 1.40. The molecule has 0 bridgehead atoms. The molecular formula is C6H11F4N. The maximum Gasteiger partial charge on any atom is 0.240 e. The summed E-state index contributed by atoms with van der Waals surface area (Å²) in [6, 6.07) is -0.782. The van der Waals surface area contributed by atoms with Gasteiger partial charge in [0.1, 0.15) is 0 Å². The fourth-order valence-electron chi connectivity index (χ4n) is 0.762. The van der Waals surface area contributed by atoms with E-state index in [9.17, 15) is 17.6 Å². The zero-order valence-electron chi connectivity index (χ0n) is 6.16. The molecule has 0 saturated carbocycles. The molecule has 11 heavy (non-hydrogen) atoms. The summed E-state index contributed by atoms with van der Waals surface area (Å²) < 4.78 is 46.5. The first-order valence-electron chi connectivity index (χ1n) is 3.29. The molecule has 0 atom stereocenters. The van der Waals surface area contributed by atoms with Gasteiger partial charge in [0.05, 0.1) is 0 Å². The zero-order valence-corrected chi connectivity index (χ0v) is 6.16. The summed E-state index contributed by atoms with van der Waals surface area (Å²) in [5, 5.41) is 2.40. The Labute approximate surface area is 62.8 Å². The van der Waals surface area contributed by atoms with Crippen LogP contribution in [-0.2, 0) is 0 Å². The van der Waals surface area contributed by atoms with Crippen LogP contribution in [0, 0.1) is 0 Å². The Morgan fingerprint density at radius 3 is 1.55 bits per heavy atom. The van der Waals surface area contributed by atoms with Gasteiger partial charge in [-0.2, -0.15) is 0 Å². The molecule has 1 nitrogen and oxygen atoms in total. The summed E-state index contributed by atoms with van der Waals surface area (Å²) in [5.41, 5.74) is 0. The van der Waals surface area contributed by atoms with Crippen LogP contribution in [0.3, 0.4) is 0 Å². The van der Waals surface area contributed by atoms with Gasteiger partial charge < -0.3 is 5.32 Å². The van der Waals surface area contributed by atoms with Gasteiger partial charge in [0.15, 0.2) is 0 Å².